The van der Waals surface area contributed by atoms with Crippen LogP contribution in [0.15, 0.2) is 48.5 Å². The van der Waals surface area contributed by atoms with E-state index in [0.29, 0.717) is 12.1 Å². The van der Waals surface area contributed by atoms with Gasteiger partial charge < -0.3 is 5.11 Å². The van der Waals surface area contributed by atoms with Crippen molar-refractivity contribution in [3.05, 3.63) is 65.2 Å². The zero-order valence-corrected chi connectivity index (χ0v) is 13.2. The SMILES string of the molecule is Cc1cccc(CC2CC(=O)N(c3ccc(C(=O)O)cc3)C2=O)c1. The van der Waals surface area contributed by atoms with Gasteiger partial charge >= 0.3 is 5.97 Å². The summed E-state index contributed by atoms with van der Waals surface area (Å²) in [6, 6.07) is 13.7. The zero-order chi connectivity index (χ0) is 17.3. The van der Waals surface area contributed by atoms with Crippen molar-refractivity contribution in [1.82, 2.24) is 0 Å². The minimum Gasteiger partial charge on any atom is -0.478 e. The third kappa shape index (κ3) is 3.06. The molecule has 2 aromatic carbocycles. The predicted molar refractivity (Wildman–Crippen MR) is 88.9 cm³/mol. The van der Waals surface area contributed by atoms with E-state index in [1.165, 1.54) is 24.3 Å². The highest BCUT2D eigenvalue weighted by molar-refractivity contribution is 6.21. The van der Waals surface area contributed by atoms with Crippen molar-refractivity contribution >= 4 is 23.5 Å². The summed E-state index contributed by atoms with van der Waals surface area (Å²) in [5.74, 6) is -1.90. The number of carbonyl (C=O) groups excluding carboxylic acids is 2. The van der Waals surface area contributed by atoms with Crippen LogP contribution in [0.4, 0.5) is 5.69 Å². The van der Waals surface area contributed by atoms with E-state index >= 15 is 0 Å². The molecule has 0 radical (unpaired) electrons. The molecule has 2 aromatic rings. The summed E-state index contributed by atoms with van der Waals surface area (Å²) in [7, 11) is 0. The Balaban J connectivity index is 1.80. The Labute approximate surface area is 139 Å². The third-order valence-electron chi connectivity index (χ3n) is 4.18. The Kier molecular flexibility index (Phi) is 4.16. The van der Waals surface area contributed by atoms with Crippen molar-refractivity contribution < 1.29 is 19.5 Å². The standard InChI is InChI=1S/C19H17NO4/c1-12-3-2-4-13(9-12)10-15-11-17(21)20(18(15)22)16-7-5-14(6-8-16)19(23)24/h2-9,15H,10-11H2,1H3,(H,23,24). The number of hydrogen-bond donors (Lipinski definition) is 1. The minimum absolute atomic E-state index is 0.120. The second kappa shape index (κ2) is 6.28. The number of anilines is 1. The summed E-state index contributed by atoms with van der Waals surface area (Å²) in [4.78, 5) is 36.9. The summed E-state index contributed by atoms with van der Waals surface area (Å²) in [6.07, 6.45) is 0.698. The average Bonchev–Trinajstić information content (AvgIpc) is 2.81. The summed E-state index contributed by atoms with van der Waals surface area (Å²) in [6.45, 7) is 1.99. The molecule has 0 bridgehead atoms. The predicted octanol–water partition coefficient (Wildman–Crippen LogP) is 2.82. The number of nitrogens with zero attached hydrogens (tertiary/aromatic N) is 1. The first-order valence-corrected chi connectivity index (χ1v) is 7.71. The molecule has 1 saturated heterocycles. The molecule has 5 nitrogen and oxygen atoms in total. The molecule has 0 aromatic heterocycles. The van der Waals surface area contributed by atoms with Crippen molar-refractivity contribution in [2.75, 3.05) is 4.90 Å². The minimum atomic E-state index is -1.04. The van der Waals surface area contributed by atoms with E-state index in [1.54, 1.807) is 0 Å². The summed E-state index contributed by atoms with van der Waals surface area (Å²) in [5.41, 5.74) is 2.69. The first-order chi connectivity index (χ1) is 11.5. The van der Waals surface area contributed by atoms with Crippen LogP contribution >= 0.6 is 0 Å². The van der Waals surface area contributed by atoms with Gasteiger partial charge in [0.15, 0.2) is 0 Å². The second-order valence-electron chi connectivity index (χ2n) is 6.01. The number of rotatable bonds is 4. The summed E-state index contributed by atoms with van der Waals surface area (Å²) < 4.78 is 0. The summed E-state index contributed by atoms with van der Waals surface area (Å²) >= 11 is 0. The van der Waals surface area contributed by atoms with Crippen LogP contribution in [-0.2, 0) is 16.0 Å². The molecule has 0 saturated carbocycles. The molecule has 0 spiro atoms. The van der Waals surface area contributed by atoms with E-state index in [2.05, 4.69) is 0 Å². The monoisotopic (exact) mass is 323 g/mol. The lowest BCUT2D eigenvalue weighted by Crippen LogP contribution is -2.30. The molecule has 1 aliphatic heterocycles. The highest BCUT2D eigenvalue weighted by Crippen LogP contribution is 2.29. The van der Waals surface area contributed by atoms with Gasteiger partial charge in [-0.2, -0.15) is 0 Å². The maximum absolute atomic E-state index is 12.6. The third-order valence-corrected chi connectivity index (χ3v) is 4.18. The van der Waals surface area contributed by atoms with Crippen LogP contribution in [-0.4, -0.2) is 22.9 Å². The zero-order valence-electron chi connectivity index (χ0n) is 13.2. The lowest BCUT2D eigenvalue weighted by molar-refractivity contribution is -0.122. The maximum atomic E-state index is 12.6. The first-order valence-electron chi connectivity index (χ1n) is 7.71. The number of benzene rings is 2. The van der Waals surface area contributed by atoms with Crippen LogP contribution in [0.2, 0.25) is 0 Å². The van der Waals surface area contributed by atoms with Gasteiger partial charge in [0.25, 0.3) is 0 Å². The highest BCUT2D eigenvalue weighted by atomic mass is 16.4. The molecule has 24 heavy (non-hydrogen) atoms. The normalized spacial score (nSPS) is 17.4. The van der Waals surface area contributed by atoms with Gasteiger partial charge in [0.1, 0.15) is 0 Å². The molecule has 3 rings (SSSR count). The van der Waals surface area contributed by atoms with Gasteiger partial charge in [-0.3, -0.25) is 14.5 Å². The number of carbonyl (C=O) groups is 3. The molecule has 1 N–H and O–H groups in total. The van der Waals surface area contributed by atoms with Crippen LogP contribution in [0.1, 0.15) is 27.9 Å². The van der Waals surface area contributed by atoms with Gasteiger partial charge in [0.2, 0.25) is 11.8 Å². The fourth-order valence-electron chi connectivity index (χ4n) is 3.00. The molecular formula is C19H17NO4. The van der Waals surface area contributed by atoms with Gasteiger partial charge in [0.05, 0.1) is 17.2 Å². The maximum Gasteiger partial charge on any atom is 0.335 e. The number of carboxylic acids is 1. The first kappa shape index (κ1) is 15.9. The molecule has 1 unspecified atom stereocenters. The van der Waals surface area contributed by atoms with Crippen LogP contribution in [0, 0.1) is 12.8 Å². The smallest absolute Gasteiger partial charge is 0.335 e. The lowest BCUT2D eigenvalue weighted by atomic mass is 9.97. The molecule has 1 atom stereocenters. The number of amides is 2. The molecule has 2 amide bonds. The van der Waals surface area contributed by atoms with E-state index in [-0.39, 0.29) is 29.7 Å². The van der Waals surface area contributed by atoms with Gasteiger partial charge in [-0.25, -0.2) is 4.79 Å². The fraction of sp³-hybridized carbons (Fsp3) is 0.211. The lowest BCUT2D eigenvalue weighted by Gasteiger charge is -2.15. The van der Waals surface area contributed by atoms with Crippen LogP contribution < -0.4 is 4.90 Å². The number of hydrogen-bond acceptors (Lipinski definition) is 3. The Morgan fingerprint density at radius 2 is 1.88 bits per heavy atom. The van der Waals surface area contributed by atoms with Gasteiger partial charge in [0, 0.05) is 6.42 Å². The Hall–Kier alpha value is -2.95. The van der Waals surface area contributed by atoms with Crippen LogP contribution in [0.3, 0.4) is 0 Å². The van der Waals surface area contributed by atoms with Crippen molar-refractivity contribution in [3.63, 3.8) is 0 Å². The molecular weight excluding hydrogens is 306 g/mol. The molecule has 1 heterocycles. The molecule has 1 fully saturated rings. The molecule has 1 aliphatic rings. The fourth-order valence-corrected chi connectivity index (χ4v) is 3.00. The summed E-state index contributed by atoms with van der Waals surface area (Å²) in [5, 5.41) is 8.93. The van der Waals surface area contributed by atoms with Crippen LogP contribution in [0.25, 0.3) is 0 Å². The topological polar surface area (TPSA) is 74.7 Å². The van der Waals surface area contributed by atoms with Crippen LogP contribution in [0.5, 0.6) is 0 Å². The van der Waals surface area contributed by atoms with E-state index in [9.17, 15) is 14.4 Å². The Morgan fingerprint density at radius 1 is 1.17 bits per heavy atom. The Morgan fingerprint density at radius 3 is 2.50 bits per heavy atom. The Bertz CT molecular complexity index is 810. The largest absolute Gasteiger partial charge is 0.478 e. The number of carboxylic acid groups (broad SMARTS) is 1. The average molecular weight is 323 g/mol. The number of imide groups is 1. The quantitative estimate of drug-likeness (QED) is 0.878. The van der Waals surface area contributed by atoms with E-state index in [1.807, 2.05) is 31.2 Å². The number of aryl methyl sites for hydroxylation is 1. The van der Waals surface area contributed by atoms with Gasteiger partial charge in [-0.05, 0) is 43.2 Å². The van der Waals surface area contributed by atoms with Crippen molar-refractivity contribution in [3.8, 4) is 0 Å². The van der Waals surface area contributed by atoms with E-state index < -0.39 is 5.97 Å². The second-order valence-corrected chi connectivity index (χ2v) is 6.01. The molecule has 0 aliphatic carbocycles. The van der Waals surface area contributed by atoms with Crippen molar-refractivity contribution in [2.45, 2.75) is 19.8 Å². The van der Waals surface area contributed by atoms with Gasteiger partial charge in [-0.1, -0.05) is 29.8 Å². The van der Waals surface area contributed by atoms with Gasteiger partial charge in [-0.15, -0.1) is 0 Å². The molecule has 5 heteroatoms. The number of aromatic carboxylic acids is 1. The highest BCUT2D eigenvalue weighted by Gasteiger charge is 2.39. The van der Waals surface area contributed by atoms with Crippen molar-refractivity contribution in [2.24, 2.45) is 5.92 Å². The molecule has 122 valence electrons. The van der Waals surface area contributed by atoms with E-state index in [4.69, 9.17) is 5.11 Å². The van der Waals surface area contributed by atoms with Crippen molar-refractivity contribution in [1.29, 1.82) is 0 Å². The van der Waals surface area contributed by atoms with E-state index in [0.717, 1.165) is 16.0 Å².